The normalized spacial score (nSPS) is 12.0. The van der Waals surface area contributed by atoms with Crippen molar-refractivity contribution in [3.8, 4) is 5.69 Å². The van der Waals surface area contributed by atoms with E-state index in [0.29, 0.717) is 16.6 Å². The largest absolute Gasteiger partial charge is 0.350 e. The topological polar surface area (TPSA) is 73.1 Å². The van der Waals surface area contributed by atoms with E-state index in [2.05, 4.69) is 5.32 Å². The Kier molecular flexibility index (Phi) is 5.96. The molecule has 6 nitrogen and oxygen atoms in total. The lowest BCUT2D eigenvalue weighted by Gasteiger charge is -2.20. The third-order valence-electron chi connectivity index (χ3n) is 5.96. The molecule has 168 valence electrons. The molecule has 1 aromatic heterocycles. The molecule has 0 radical (unpaired) electrons. The summed E-state index contributed by atoms with van der Waals surface area (Å²) in [5.74, 6) is -0.747. The second-order valence-electron chi connectivity index (χ2n) is 8.05. The highest BCUT2D eigenvalue weighted by Gasteiger charge is 2.23. The number of benzene rings is 3. The lowest BCUT2D eigenvalue weighted by Crippen LogP contribution is -2.43. The number of aromatic nitrogens is 2. The molecular weight excluding hydrogens is 421 g/mol. The first-order chi connectivity index (χ1) is 15.8. The highest BCUT2D eigenvalue weighted by atomic mass is 19.1. The van der Waals surface area contributed by atoms with Gasteiger partial charge in [-0.25, -0.2) is 13.8 Å². The van der Waals surface area contributed by atoms with E-state index in [1.807, 2.05) is 19.9 Å². The van der Waals surface area contributed by atoms with Crippen LogP contribution in [0.3, 0.4) is 0 Å². The van der Waals surface area contributed by atoms with Crippen LogP contribution in [0.1, 0.15) is 29.7 Å². The summed E-state index contributed by atoms with van der Waals surface area (Å²) in [4.78, 5) is 39.9. The fraction of sp³-hybridized carbons (Fsp3) is 0.192. The van der Waals surface area contributed by atoms with Gasteiger partial charge >= 0.3 is 5.69 Å². The number of nitrogens with zero attached hydrogens (tertiary/aromatic N) is 2. The number of fused-ring (bicyclic) bond motifs is 1. The predicted molar refractivity (Wildman–Crippen MR) is 126 cm³/mol. The van der Waals surface area contributed by atoms with Crippen LogP contribution < -0.4 is 16.6 Å². The van der Waals surface area contributed by atoms with Crippen LogP contribution in [0.2, 0.25) is 0 Å². The van der Waals surface area contributed by atoms with Crippen molar-refractivity contribution < 1.29 is 9.18 Å². The summed E-state index contributed by atoms with van der Waals surface area (Å²) in [6, 6.07) is 17.1. The van der Waals surface area contributed by atoms with Gasteiger partial charge in [-0.2, -0.15) is 0 Å². The molecule has 0 bridgehead atoms. The number of hydrogen-bond acceptors (Lipinski definition) is 3. The molecule has 4 rings (SSSR count). The Balaban J connectivity index is 1.82. The lowest BCUT2D eigenvalue weighted by atomic mass is 10.1. The molecular formula is C26H24FN3O3. The maximum Gasteiger partial charge on any atom is 0.336 e. The number of nitrogens with one attached hydrogen (secondary N) is 1. The first-order valence-corrected chi connectivity index (χ1v) is 10.6. The zero-order chi connectivity index (χ0) is 23.7. The Morgan fingerprint density at radius 2 is 1.67 bits per heavy atom. The van der Waals surface area contributed by atoms with E-state index in [-0.39, 0.29) is 12.4 Å². The molecule has 1 unspecified atom stereocenters. The Labute approximate surface area is 189 Å². The van der Waals surface area contributed by atoms with Crippen molar-refractivity contribution in [1.82, 2.24) is 14.5 Å². The number of rotatable bonds is 5. The van der Waals surface area contributed by atoms with Crippen molar-refractivity contribution >= 4 is 16.8 Å². The van der Waals surface area contributed by atoms with Crippen LogP contribution in [0.25, 0.3) is 16.6 Å². The first kappa shape index (κ1) is 22.2. The molecule has 0 aliphatic rings. The molecule has 1 amide bonds. The molecule has 0 spiro atoms. The van der Waals surface area contributed by atoms with E-state index in [1.165, 1.54) is 16.7 Å². The third-order valence-corrected chi connectivity index (χ3v) is 5.96. The van der Waals surface area contributed by atoms with E-state index in [1.54, 1.807) is 55.5 Å². The zero-order valence-corrected chi connectivity index (χ0v) is 18.6. The minimum atomic E-state index is -0.889. The molecule has 4 aromatic rings. The minimum absolute atomic E-state index is 0.187. The standard InChI is InChI=1S/C26H24FN3O3/c1-16-7-6-10-22(17(16)2)30-25(32)21-8-4-5-9-23(21)29(26(30)33)18(3)24(31)28-15-19-11-13-20(27)14-12-19/h4-14,18H,15H2,1-3H3,(H,28,31). The fourth-order valence-corrected chi connectivity index (χ4v) is 3.90. The van der Waals surface area contributed by atoms with Gasteiger partial charge in [-0.05, 0) is 67.8 Å². The molecule has 33 heavy (non-hydrogen) atoms. The summed E-state index contributed by atoms with van der Waals surface area (Å²) in [7, 11) is 0. The highest BCUT2D eigenvalue weighted by molar-refractivity contribution is 5.84. The quantitative estimate of drug-likeness (QED) is 0.508. The molecule has 0 aliphatic carbocycles. The number of para-hydroxylation sites is 1. The summed E-state index contributed by atoms with van der Waals surface area (Å²) in [6.45, 7) is 5.57. The number of hydrogen-bond donors (Lipinski definition) is 1. The van der Waals surface area contributed by atoms with Crippen LogP contribution in [0.4, 0.5) is 4.39 Å². The van der Waals surface area contributed by atoms with Crippen molar-refractivity contribution in [2.24, 2.45) is 0 Å². The van der Waals surface area contributed by atoms with Gasteiger partial charge in [0, 0.05) is 6.54 Å². The Hall–Kier alpha value is -4.00. The smallest absolute Gasteiger partial charge is 0.336 e. The van der Waals surface area contributed by atoms with E-state index >= 15 is 0 Å². The van der Waals surface area contributed by atoms with Crippen molar-refractivity contribution in [3.63, 3.8) is 0 Å². The Bertz CT molecular complexity index is 1470. The second kappa shape index (κ2) is 8.86. The van der Waals surface area contributed by atoms with Crippen LogP contribution in [-0.2, 0) is 11.3 Å². The van der Waals surface area contributed by atoms with E-state index in [4.69, 9.17) is 0 Å². The van der Waals surface area contributed by atoms with Gasteiger partial charge in [0.2, 0.25) is 5.91 Å². The van der Waals surface area contributed by atoms with Gasteiger partial charge < -0.3 is 5.32 Å². The average molecular weight is 445 g/mol. The minimum Gasteiger partial charge on any atom is -0.350 e. The molecule has 0 saturated carbocycles. The van der Waals surface area contributed by atoms with Gasteiger partial charge in [-0.3, -0.25) is 14.2 Å². The molecule has 0 fully saturated rings. The molecule has 1 heterocycles. The maximum atomic E-state index is 13.6. The number of halogens is 1. The molecule has 0 saturated heterocycles. The number of aryl methyl sites for hydroxylation is 1. The highest BCUT2D eigenvalue weighted by Crippen LogP contribution is 2.18. The predicted octanol–water partition coefficient (Wildman–Crippen LogP) is 3.79. The maximum absolute atomic E-state index is 13.6. The van der Waals surface area contributed by atoms with E-state index < -0.39 is 23.2 Å². The lowest BCUT2D eigenvalue weighted by molar-refractivity contribution is -0.124. The van der Waals surface area contributed by atoms with Crippen LogP contribution >= 0.6 is 0 Å². The zero-order valence-electron chi connectivity index (χ0n) is 18.6. The number of carbonyl (C=O) groups excluding carboxylic acids is 1. The Morgan fingerprint density at radius 3 is 2.39 bits per heavy atom. The van der Waals surface area contributed by atoms with Gasteiger partial charge in [0.25, 0.3) is 5.56 Å². The molecule has 1 N–H and O–H groups in total. The van der Waals surface area contributed by atoms with Crippen molar-refractivity contribution in [1.29, 1.82) is 0 Å². The van der Waals surface area contributed by atoms with Crippen LogP contribution in [0.5, 0.6) is 0 Å². The molecule has 7 heteroatoms. The van der Waals surface area contributed by atoms with Crippen molar-refractivity contribution in [2.75, 3.05) is 0 Å². The van der Waals surface area contributed by atoms with Crippen molar-refractivity contribution in [2.45, 2.75) is 33.4 Å². The number of amides is 1. The van der Waals surface area contributed by atoms with Crippen molar-refractivity contribution in [3.05, 3.63) is 110 Å². The van der Waals surface area contributed by atoms with Crippen LogP contribution in [-0.4, -0.2) is 15.0 Å². The van der Waals surface area contributed by atoms with Gasteiger partial charge in [0.05, 0.1) is 16.6 Å². The van der Waals surface area contributed by atoms with Gasteiger partial charge in [0.15, 0.2) is 0 Å². The summed E-state index contributed by atoms with van der Waals surface area (Å²) in [6.07, 6.45) is 0. The fourth-order valence-electron chi connectivity index (χ4n) is 3.90. The monoisotopic (exact) mass is 445 g/mol. The summed E-state index contributed by atoms with van der Waals surface area (Å²) in [5, 5.41) is 3.14. The number of carbonyl (C=O) groups is 1. The SMILES string of the molecule is Cc1cccc(-n2c(=O)c3ccccc3n(C(C)C(=O)NCc3ccc(F)cc3)c2=O)c1C. The van der Waals surface area contributed by atoms with Gasteiger partial charge in [0.1, 0.15) is 11.9 Å². The van der Waals surface area contributed by atoms with Gasteiger partial charge in [-0.1, -0.05) is 36.4 Å². The van der Waals surface area contributed by atoms with Crippen LogP contribution in [0, 0.1) is 19.7 Å². The molecule has 0 aliphatic heterocycles. The third kappa shape index (κ3) is 4.09. The first-order valence-electron chi connectivity index (χ1n) is 10.6. The van der Waals surface area contributed by atoms with Gasteiger partial charge in [-0.15, -0.1) is 0 Å². The Morgan fingerprint density at radius 1 is 0.970 bits per heavy atom. The summed E-state index contributed by atoms with van der Waals surface area (Å²) >= 11 is 0. The summed E-state index contributed by atoms with van der Waals surface area (Å²) in [5.41, 5.74) is 2.35. The second-order valence-corrected chi connectivity index (χ2v) is 8.05. The average Bonchev–Trinajstić information content (AvgIpc) is 2.81. The molecule has 3 aromatic carbocycles. The van der Waals surface area contributed by atoms with Crippen LogP contribution in [0.15, 0.2) is 76.3 Å². The summed E-state index contributed by atoms with van der Waals surface area (Å²) < 4.78 is 15.6. The molecule has 1 atom stereocenters. The van der Waals surface area contributed by atoms with E-state index in [0.717, 1.165) is 21.3 Å². The van der Waals surface area contributed by atoms with E-state index in [9.17, 15) is 18.8 Å².